The highest BCUT2D eigenvalue weighted by atomic mass is 16.1. The maximum absolute atomic E-state index is 12.3. The molecule has 0 radical (unpaired) electrons. The van der Waals surface area contributed by atoms with Crippen molar-refractivity contribution >= 4 is 5.91 Å². The van der Waals surface area contributed by atoms with Crippen LogP contribution in [0.25, 0.3) is 0 Å². The molecule has 4 heteroatoms. The van der Waals surface area contributed by atoms with Crippen molar-refractivity contribution < 1.29 is 4.79 Å². The number of likely N-dealkylation sites (tertiary alicyclic amines) is 1. The van der Waals surface area contributed by atoms with Crippen LogP contribution < -0.4 is 5.32 Å². The minimum absolute atomic E-state index is 0.119. The van der Waals surface area contributed by atoms with E-state index in [9.17, 15) is 10.1 Å². The SMILES string of the molecule is CC1CCN(/C=C(/C#N)C(=O)NC(C)c2ccccc2)CC1. The van der Waals surface area contributed by atoms with Gasteiger partial charge in [-0.05, 0) is 31.2 Å². The molecule has 1 aliphatic heterocycles. The second kappa shape index (κ2) is 7.65. The van der Waals surface area contributed by atoms with Crippen molar-refractivity contribution in [3.05, 3.63) is 47.7 Å². The number of rotatable bonds is 4. The predicted molar refractivity (Wildman–Crippen MR) is 86.7 cm³/mol. The second-order valence-electron chi connectivity index (χ2n) is 5.98. The summed E-state index contributed by atoms with van der Waals surface area (Å²) < 4.78 is 0. The third-order valence-corrected chi connectivity index (χ3v) is 4.14. The van der Waals surface area contributed by atoms with Gasteiger partial charge in [0, 0.05) is 19.3 Å². The van der Waals surface area contributed by atoms with E-state index in [-0.39, 0.29) is 17.5 Å². The van der Waals surface area contributed by atoms with Crippen LogP contribution in [-0.4, -0.2) is 23.9 Å². The Morgan fingerprint density at radius 2 is 2.00 bits per heavy atom. The maximum atomic E-state index is 12.3. The van der Waals surface area contributed by atoms with Gasteiger partial charge in [0.15, 0.2) is 0 Å². The Morgan fingerprint density at radius 3 is 2.59 bits per heavy atom. The normalized spacial score (nSPS) is 17.7. The fourth-order valence-electron chi connectivity index (χ4n) is 2.58. The molecule has 0 saturated carbocycles. The highest BCUT2D eigenvalue weighted by Crippen LogP contribution is 2.17. The molecule has 1 atom stereocenters. The minimum Gasteiger partial charge on any atom is -0.376 e. The first kappa shape index (κ1) is 16.1. The summed E-state index contributed by atoms with van der Waals surface area (Å²) in [6, 6.07) is 11.7. The van der Waals surface area contributed by atoms with E-state index < -0.39 is 0 Å². The monoisotopic (exact) mass is 297 g/mol. The van der Waals surface area contributed by atoms with Crippen molar-refractivity contribution in [1.82, 2.24) is 10.2 Å². The quantitative estimate of drug-likeness (QED) is 0.686. The number of piperidine rings is 1. The maximum Gasteiger partial charge on any atom is 0.263 e. The molecule has 4 nitrogen and oxygen atoms in total. The van der Waals surface area contributed by atoms with E-state index in [1.807, 2.05) is 43.3 Å². The van der Waals surface area contributed by atoms with Gasteiger partial charge in [-0.2, -0.15) is 5.26 Å². The Morgan fingerprint density at radius 1 is 1.36 bits per heavy atom. The van der Waals surface area contributed by atoms with Gasteiger partial charge in [0.1, 0.15) is 11.6 Å². The Bertz CT molecular complexity index is 566. The molecule has 1 unspecified atom stereocenters. The number of amides is 1. The number of hydrogen-bond donors (Lipinski definition) is 1. The molecule has 0 spiro atoms. The van der Waals surface area contributed by atoms with Crippen molar-refractivity contribution in [2.75, 3.05) is 13.1 Å². The van der Waals surface area contributed by atoms with Gasteiger partial charge in [0.05, 0.1) is 6.04 Å². The fraction of sp³-hybridized carbons (Fsp3) is 0.444. The standard InChI is InChI=1S/C18H23N3O/c1-14-8-10-21(11-9-14)13-17(12-19)18(22)20-15(2)16-6-4-3-5-7-16/h3-7,13-15H,8-11H2,1-2H3,(H,20,22)/b17-13-. The summed E-state index contributed by atoms with van der Waals surface area (Å²) in [4.78, 5) is 14.3. The lowest BCUT2D eigenvalue weighted by Gasteiger charge is -2.29. The summed E-state index contributed by atoms with van der Waals surface area (Å²) in [7, 11) is 0. The highest BCUT2D eigenvalue weighted by Gasteiger charge is 2.17. The van der Waals surface area contributed by atoms with Crippen LogP contribution in [0.4, 0.5) is 0 Å². The molecule has 2 rings (SSSR count). The largest absolute Gasteiger partial charge is 0.376 e. The van der Waals surface area contributed by atoms with Gasteiger partial charge in [-0.3, -0.25) is 4.79 Å². The average Bonchev–Trinajstić information content (AvgIpc) is 2.55. The van der Waals surface area contributed by atoms with Gasteiger partial charge in [0.2, 0.25) is 0 Å². The van der Waals surface area contributed by atoms with Crippen LogP contribution in [0.2, 0.25) is 0 Å². The number of nitrogens with one attached hydrogen (secondary N) is 1. The number of carbonyl (C=O) groups excluding carboxylic acids is 1. The zero-order valence-electron chi connectivity index (χ0n) is 13.2. The first-order valence-corrected chi connectivity index (χ1v) is 7.82. The molecule has 1 N–H and O–H groups in total. The van der Waals surface area contributed by atoms with Gasteiger partial charge < -0.3 is 10.2 Å². The molecule has 1 amide bonds. The third kappa shape index (κ3) is 4.36. The van der Waals surface area contributed by atoms with E-state index in [2.05, 4.69) is 17.1 Å². The first-order valence-electron chi connectivity index (χ1n) is 7.82. The van der Waals surface area contributed by atoms with Crippen LogP contribution in [0.1, 0.15) is 38.3 Å². The van der Waals surface area contributed by atoms with E-state index in [0.717, 1.165) is 37.4 Å². The minimum atomic E-state index is -0.308. The third-order valence-electron chi connectivity index (χ3n) is 4.14. The molecule has 1 aromatic rings. The van der Waals surface area contributed by atoms with Gasteiger partial charge in [-0.25, -0.2) is 0 Å². The van der Waals surface area contributed by atoms with Crippen LogP contribution in [0, 0.1) is 17.2 Å². The Hall–Kier alpha value is -2.28. The molecule has 0 bridgehead atoms. The van der Waals surface area contributed by atoms with Crippen molar-refractivity contribution in [1.29, 1.82) is 5.26 Å². The molecule has 1 heterocycles. The summed E-state index contributed by atoms with van der Waals surface area (Å²) in [5.74, 6) is 0.416. The van der Waals surface area contributed by atoms with E-state index in [1.165, 1.54) is 0 Å². The van der Waals surface area contributed by atoms with Gasteiger partial charge >= 0.3 is 0 Å². The van der Waals surface area contributed by atoms with Crippen LogP contribution in [0.15, 0.2) is 42.1 Å². The zero-order chi connectivity index (χ0) is 15.9. The Balaban J connectivity index is 1.98. The highest BCUT2D eigenvalue weighted by molar-refractivity contribution is 5.97. The number of carbonyl (C=O) groups is 1. The number of nitrogens with zero attached hydrogens (tertiary/aromatic N) is 2. The van der Waals surface area contributed by atoms with Crippen LogP contribution in [0.3, 0.4) is 0 Å². The van der Waals surface area contributed by atoms with Gasteiger partial charge in [0.25, 0.3) is 5.91 Å². The van der Waals surface area contributed by atoms with Crippen molar-refractivity contribution in [2.45, 2.75) is 32.7 Å². The van der Waals surface area contributed by atoms with Gasteiger partial charge in [-0.1, -0.05) is 37.3 Å². The molecule has 1 saturated heterocycles. The topological polar surface area (TPSA) is 56.1 Å². The second-order valence-corrected chi connectivity index (χ2v) is 5.98. The molecular formula is C18H23N3O. The van der Waals surface area contributed by atoms with Crippen LogP contribution in [-0.2, 0) is 4.79 Å². The molecule has 1 aliphatic rings. The predicted octanol–water partition coefficient (Wildman–Crippen LogP) is 3.00. The summed E-state index contributed by atoms with van der Waals surface area (Å²) >= 11 is 0. The van der Waals surface area contributed by atoms with Crippen LogP contribution in [0.5, 0.6) is 0 Å². The zero-order valence-corrected chi connectivity index (χ0v) is 13.2. The molecule has 1 aromatic carbocycles. The lowest BCUT2D eigenvalue weighted by atomic mass is 9.99. The lowest BCUT2D eigenvalue weighted by Crippen LogP contribution is -2.32. The summed E-state index contributed by atoms with van der Waals surface area (Å²) in [5.41, 5.74) is 1.21. The molecule has 0 aromatic heterocycles. The first-order chi connectivity index (χ1) is 10.6. The number of nitriles is 1. The molecule has 116 valence electrons. The van der Waals surface area contributed by atoms with Gasteiger partial charge in [-0.15, -0.1) is 0 Å². The number of hydrogen-bond acceptors (Lipinski definition) is 3. The molecular weight excluding hydrogens is 274 g/mol. The average molecular weight is 297 g/mol. The number of benzene rings is 1. The smallest absolute Gasteiger partial charge is 0.263 e. The van der Waals surface area contributed by atoms with Crippen molar-refractivity contribution in [3.63, 3.8) is 0 Å². The van der Waals surface area contributed by atoms with E-state index in [0.29, 0.717) is 0 Å². The van der Waals surface area contributed by atoms with Crippen LogP contribution >= 0.6 is 0 Å². The Labute approximate surface area is 132 Å². The summed E-state index contributed by atoms with van der Waals surface area (Å²) in [6.07, 6.45) is 3.92. The van der Waals surface area contributed by atoms with E-state index >= 15 is 0 Å². The Kier molecular flexibility index (Phi) is 5.60. The lowest BCUT2D eigenvalue weighted by molar-refractivity contribution is -0.117. The van der Waals surface area contributed by atoms with E-state index in [1.54, 1.807) is 6.20 Å². The molecule has 22 heavy (non-hydrogen) atoms. The fourth-order valence-corrected chi connectivity index (χ4v) is 2.58. The molecule has 0 aliphatic carbocycles. The van der Waals surface area contributed by atoms with E-state index in [4.69, 9.17) is 0 Å². The van der Waals surface area contributed by atoms with Crippen molar-refractivity contribution in [2.24, 2.45) is 5.92 Å². The summed E-state index contributed by atoms with van der Waals surface area (Å²) in [5, 5.41) is 12.1. The summed E-state index contributed by atoms with van der Waals surface area (Å²) in [6.45, 7) is 5.98. The molecule has 1 fully saturated rings. The van der Waals surface area contributed by atoms with Crippen molar-refractivity contribution in [3.8, 4) is 6.07 Å².